The predicted molar refractivity (Wildman–Crippen MR) is 122 cm³/mol. The molecule has 0 fully saturated rings. The fourth-order valence-electron chi connectivity index (χ4n) is 3.16. The van der Waals surface area contributed by atoms with Crippen LogP contribution in [0, 0.1) is 0 Å². The Labute approximate surface area is 189 Å². The van der Waals surface area contributed by atoms with Gasteiger partial charge in [-0.1, -0.05) is 22.0 Å². The van der Waals surface area contributed by atoms with Crippen LogP contribution in [0.3, 0.4) is 0 Å². The quantitative estimate of drug-likeness (QED) is 0.342. The van der Waals surface area contributed by atoms with Gasteiger partial charge in [-0.15, -0.1) is 21.5 Å². The molecule has 0 saturated heterocycles. The average molecular weight is 495 g/mol. The Balaban J connectivity index is 1.44. The van der Waals surface area contributed by atoms with Crippen LogP contribution in [-0.2, 0) is 6.54 Å². The standard InChI is InChI=1S/C22H15BrN4O3S/c1-29-16-7-5-13(6-8-16)18-10-17-20(31-18)22(28)27(12-24-17)11-19-25-26-21(30-19)14-3-2-4-15(23)9-14/h2-10,12H,11H2,1H3. The Morgan fingerprint density at radius 2 is 1.94 bits per heavy atom. The topological polar surface area (TPSA) is 83.0 Å². The van der Waals surface area contributed by atoms with Crippen LogP contribution >= 0.6 is 27.3 Å². The highest BCUT2D eigenvalue weighted by molar-refractivity contribution is 9.10. The lowest BCUT2D eigenvalue weighted by molar-refractivity contribution is 0.415. The molecule has 0 radical (unpaired) electrons. The molecule has 9 heteroatoms. The summed E-state index contributed by atoms with van der Waals surface area (Å²) in [7, 11) is 1.63. The molecule has 0 bridgehead atoms. The Kier molecular flexibility index (Phi) is 5.13. The molecule has 0 atom stereocenters. The van der Waals surface area contributed by atoms with Crippen LogP contribution in [-0.4, -0.2) is 26.9 Å². The summed E-state index contributed by atoms with van der Waals surface area (Å²) >= 11 is 4.84. The Hall–Kier alpha value is -3.30. The molecule has 2 aromatic carbocycles. The van der Waals surface area contributed by atoms with E-state index in [1.54, 1.807) is 7.11 Å². The second-order valence-corrected chi connectivity index (χ2v) is 8.71. The third-order valence-electron chi connectivity index (χ3n) is 4.72. The highest BCUT2D eigenvalue weighted by atomic mass is 79.9. The van der Waals surface area contributed by atoms with E-state index >= 15 is 0 Å². The smallest absolute Gasteiger partial charge is 0.271 e. The minimum atomic E-state index is -0.142. The summed E-state index contributed by atoms with van der Waals surface area (Å²) in [5, 5.41) is 8.17. The summed E-state index contributed by atoms with van der Waals surface area (Å²) in [5.41, 5.74) is 2.33. The van der Waals surface area contributed by atoms with E-state index in [-0.39, 0.29) is 12.1 Å². The van der Waals surface area contributed by atoms with E-state index in [0.717, 1.165) is 26.2 Å². The maximum atomic E-state index is 13.0. The van der Waals surface area contributed by atoms with Crippen molar-refractivity contribution in [2.45, 2.75) is 6.54 Å². The van der Waals surface area contributed by atoms with Gasteiger partial charge in [0.15, 0.2) is 0 Å². The Bertz CT molecular complexity index is 1440. The first kappa shape index (κ1) is 19.7. The molecule has 3 aromatic heterocycles. The normalized spacial score (nSPS) is 11.2. The zero-order valence-electron chi connectivity index (χ0n) is 16.3. The van der Waals surface area contributed by atoms with Crippen molar-refractivity contribution in [3.63, 3.8) is 0 Å². The van der Waals surface area contributed by atoms with Gasteiger partial charge in [0.2, 0.25) is 11.8 Å². The van der Waals surface area contributed by atoms with E-state index in [0.29, 0.717) is 22.0 Å². The highest BCUT2D eigenvalue weighted by Crippen LogP contribution is 2.31. The summed E-state index contributed by atoms with van der Waals surface area (Å²) in [6.45, 7) is 0.151. The summed E-state index contributed by atoms with van der Waals surface area (Å²) in [6, 6.07) is 17.2. The lowest BCUT2D eigenvalue weighted by atomic mass is 10.2. The van der Waals surface area contributed by atoms with Crippen LogP contribution in [0.5, 0.6) is 5.75 Å². The van der Waals surface area contributed by atoms with Crippen LogP contribution in [0.1, 0.15) is 5.89 Å². The Morgan fingerprint density at radius 1 is 1.10 bits per heavy atom. The number of thiophene rings is 1. The predicted octanol–water partition coefficient (Wildman–Crippen LogP) is 4.99. The molecule has 31 heavy (non-hydrogen) atoms. The fraction of sp³-hybridized carbons (Fsp3) is 0.0909. The average Bonchev–Trinajstić information content (AvgIpc) is 3.44. The molecule has 7 nitrogen and oxygen atoms in total. The third kappa shape index (κ3) is 3.89. The molecule has 3 heterocycles. The molecule has 5 aromatic rings. The van der Waals surface area contributed by atoms with Gasteiger partial charge in [0, 0.05) is 14.9 Å². The number of hydrogen-bond acceptors (Lipinski definition) is 7. The molecule has 0 aliphatic heterocycles. The maximum absolute atomic E-state index is 13.0. The van der Waals surface area contributed by atoms with Gasteiger partial charge >= 0.3 is 0 Å². The molecular formula is C22H15BrN4O3S. The van der Waals surface area contributed by atoms with Crippen molar-refractivity contribution in [3.8, 4) is 27.6 Å². The maximum Gasteiger partial charge on any atom is 0.271 e. The van der Waals surface area contributed by atoms with Crippen molar-refractivity contribution in [2.75, 3.05) is 7.11 Å². The lowest BCUT2D eigenvalue weighted by Crippen LogP contribution is -2.20. The number of halogens is 1. The van der Waals surface area contributed by atoms with Crippen molar-refractivity contribution in [1.29, 1.82) is 0 Å². The summed E-state index contributed by atoms with van der Waals surface area (Å²) in [4.78, 5) is 18.4. The molecule has 0 saturated carbocycles. The van der Waals surface area contributed by atoms with Gasteiger partial charge in [0.1, 0.15) is 17.0 Å². The number of ether oxygens (including phenoxy) is 1. The van der Waals surface area contributed by atoms with Crippen molar-refractivity contribution >= 4 is 37.5 Å². The van der Waals surface area contributed by atoms with Crippen molar-refractivity contribution < 1.29 is 9.15 Å². The minimum Gasteiger partial charge on any atom is -0.497 e. The van der Waals surface area contributed by atoms with Gasteiger partial charge in [0.05, 0.1) is 19.0 Å². The molecule has 0 aliphatic carbocycles. The molecule has 0 N–H and O–H groups in total. The minimum absolute atomic E-state index is 0.142. The van der Waals surface area contributed by atoms with Crippen molar-refractivity contribution in [3.05, 3.63) is 81.6 Å². The second-order valence-electron chi connectivity index (χ2n) is 6.74. The fourth-order valence-corrected chi connectivity index (χ4v) is 4.62. The van der Waals surface area contributed by atoms with Crippen LogP contribution in [0.15, 0.2) is 74.6 Å². The van der Waals surface area contributed by atoms with Crippen LogP contribution in [0.4, 0.5) is 0 Å². The van der Waals surface area contributed by atoms with Gasteiger partial charge in [-0.05, 0) is 54.1 Å². The Morgan fingerprint density at radius 3 is 2.71 bits per heavy atom. The van der Waals surface area contributed by atoms with Gasteiger partial charge in [-0.25, -0.2) is 4.98 Å². The summed E-state index contributed by atoms with van der Waals surface area (Å²) < 4.78 is 13.9. The second kappa shape index (κ2) is 8.09. The van der Waals surface area contributed by atoms with Crippen LogP contribution in [0.2, 0.25) is 0 Å². The molecule has 5 rings (SSSR count). The molecule has 154 valence electrons. The summed E-state index contributed by atoms with van der Waals surface area (Å²) in [5.74, 6) is 1.52. The zero-order valence-corrected chi connectivity index (χ0v) is 18.7. The van der Waals surface area contributed by atoms with Gasteiger partial charge in [0.25, 0.3) is 5.56 Å². The number of methoxy groups -OCH3 is 1. The van der Waals surface area contributed by atoms with Crippen molar-refractivity contribution in [1.82, 2.24) is 19.7 Å². The number of hydrogen-bond donors (Lipinski definition) is 0. The number of aromatic nitrogens is 4. The first-order valence-electron chi connectivity index (χ1n) is 9.32. The van der Waals surface area contributed by atoms with E-state index in [1.165, 1.54) is 22.2 Å². The molecular weight excluding hydrogens is 480 g/mol. The number of nitrogens with zero attached hydrogens (tertiary/aromatic N) is 4. The number of fused-ring (bicyclic) bond motifs is 1. The third-order valence-corrected chi connectivity index (χ3v) is 6.38. The monoisotopic (exact) mass is 494 g/mol. The SMILES string of the molecule is COc1ccc(-c2cc3ncn(Cc4nnc(-c5cccc(Br)c5)o4)c(=O)c3s2)cc1. The molecule has 0 amide bonds. The highest BCUT2D eigenvalue weighted by Gasteiger charge is 2.14. The lowest BCUT2D eigenvalue weighted by Gasteiger charge is -2.01. The zero-order chi connectivity index (χ0) is 21.4. The molecule has 0 unspecified atom stereocenters. The molecule has 0 spiro atoms. The first-order chi connectivity index (χ1) is 15.1. The largest absolute Gasteiger partial charge is 0.497 e. The van der Waals surface area contributed by atoms with E-state index in [9.17, 15) is 4.79 Å². The van der Waals surface area contributed by atoms with Gasteiger partial charge < -0.3 is 9.15 Å². The van der Waals surface area contributed by atoms with Crippen molar-refractivity contribution in [2.24, 2.45) is 0 Å². The van der Waals surface area contributed by atoms with Crippen LogP contribution < -0.4 is 10.3 Å². The summed E-state index contributed by atoms with van der Waals surface area (Å²) in [6.07, 6.45) is 1.51. The molecule has 0 aliphatic rings. The van der Waals surface area contributed by atoms with E-state index < -0.39 is 0 Å². The number of rotatable bonds is 5. The number of benzene rings is 2. The van der Waals surface area contributed by atoms with E-state index in [1.807, 2.05) is 54.6 Å². The van der Waals surface area contributed by atoms with Crippen LogP contribution in [0.25, 0.3) is 32.1 Å². The van der Waals surface area contributed by atoms with E-state index in [2.05, 4.69) is 31.1 Å². The first-order valence-corrected chi connectivity index (χ1v) is 10.9. The van der Waals surface area contributed by atoms with Gasteiger partial charge in [-0.2, -0.15) is 0 Å². The van der Waals surface area contributed by atoms with Gasteiger partial charge in [-0.3, -0.25) is 9.36 Å². The van der Waals surface area contributed by atoms with E-state index in [4.69, 9.17) is 9.15 Å².